The molecule has 44 heavy (non-hydrogen) atoms. The summed E-state index contributed by atoms with van der Waals surface area (Å²) < 4.78 is 19.5. The molecule has 0 heterocycles. The molecule has 1 amide bonds. The van der Waals surface area contributed by atoms with Crippen molar-refractivity contribution in [3.05, 3.63) is 96.1 Å². The van der Waals surface area contributed by atoms with Crippen molar-refractivity contribution in [2.45, 2.75) is 52.0 Å². The molecular weight excluding hydrogens is 566 g/mol. The molecule has 0 aliphatic carbocycles. The highest BCUT2D eigenvalue weighted by atomic mass is 16.5. The summed E-state index contributed by atoms with van der Waals surface area (Å²) in [7, 11) is 4.52. The minimum atomic E-state index is -0.960. The largest absolute Gasteiger partial charge is 0.465 e. The van der Waals surface area contributed by atoms with Gasteiger partial charge < -0.3 is 29.1 Å². The average Bonchev–Trinajstić information content (AvgIpc) is 3.02. The van der Waals surface area contributed by atoms with Crippen LogP contribution in [0.25, 0.3) is 0 Å². The fourth-order valence-electron chi connectivity index (χ4n) is 3.43. The second kappa shape index (κ2) is 21.8. The quantitative estimate of drug-likeness (QED) is 0.220. The molecule has 0 aliphatic rings. The van der Waals surface area contributed by atoms with Gasteiger partial charge in [0.1, 0.15) is 23.3 Å². The maximum absolute atomic E-state index is 12.8. The lowest BCUT2D eigenvalue weighted by molar-refractivity contribution is -0.139. The van der Waals surface area contributed by atoms with E-state index in [9.17, 15) is 24.0 Å². The Bertz CT molecular complexity index is 1260. The summed E-state index contributed by atoms with van der Waals surface area (Å²) in [6, 6.07) is 23.4. The van der Waals surface area contributed by atoms with Crippen molar-refractivity contribution >= 4 is 29.6 Å². The number of carbonyl (C=O) groups excluding carboxylic acids is 5. The third-order valence-electron chi connectivity index (χ3n) is 5.53. The van der Waals surface area contributed by atoms with Crippen molar-refractivity contribution in [2.75, 3.05) is 21.3 Å². The normalized spacial score (nSPS) is 10.4. The van der Waals surface area contributed by atoms with Crippen molar-refractivity contribution in [1.29, 1.82) is 0 Å². The van der Waals surface area contributed by atoms with Gasteiger partial charge in [0.05, 0.1) is 19.1 Å². The smallest absolute Gasteiger partial charge is 0.337 e. The van der Waals surface area contributed by atoms with Gasteiger partial charge in [0.25, 0.3) is 0 Å². The summed E-state index contributed by atoms with van der Waals surface area (Å²) in [5.74, 6) is -1.56. The molecule has 10 nitrogen and oxygen atoms in total. The minimum Gasteiger partial charge on any atom is -0.465 e. The molecule has 0 saturated heterocycles. The van der Waals surface area contributed by atoms with Gasteiger partial charge in [-0.3, -0.25) is 9.59 Å². The fraction of sp³-hybridized carbons (Fsp3) is 0.324. The van der Waals surface area contributed by atoms with Crippen LogP contribution >= 0.6 is 0 Å². The summed E-state index contributed by atoms with van der Waals surface area (Å²) in [5.41, 5.74) is 1.01. The Morgan fingerprint density at radius 1 is 0.705 bits per heavy atom. The van der Waals surface area contributed by atoms with Crippen LogP contribution in [0.15, 0.2) is 84.9 Å². The Kier molecular flexibility index (Phi) is 18.4. The number of hydrogen-bond donors (Lipinski definition) is 1. The van der Waals surface area contributed by atoms with Crippen LogP contribution in [0.4, 0.5) is 0 Å². The number of rotatable bonds is 12. The molecule has 0 spiro atoms. The zero-order chi connectivity index (χ0) is 32.7. The van der Waals surface area contributed by atoms with Crippen molar-refractivity contribution in [3.8, 4) is 11.5 Å². The molecule has 236 valence electrons. The number of ketones is 1. The highest BCUT2D eigenvalue weighted by Crippen LogP contribution is 2.17. The van der Waals surface area contributed by atoms with Gasteiger partial charge in [-0.05, 0) is 55.3 Å². The Morgan fingerprint density at radius 2 is 1.20 bits per heavy atom. The van der Waals surface area contributed by atoms with E-state index in [2.05, 4.69) is 14.8 Å². The van der Waals surface area contributed by atoms with Crippen LogP contribution in [0, 0.1) is 0 Å². The standard InChI is InChI=1S/C26H29NO8.C6H6.C2H6O/c1-4-5-23(29)27-22(26(32)35-21-13-9-19(10-14-21)25(31)33-3)16-18-7-11-20(12-8-18)34-24(30)15-6-17(2)28;1-2-4-6-5-3-1;1-3-2/h7-14,22H,4-6,15-16H2,1-3H3,(H,27,29);1-6H;1-2H3. The van der Waals surface area contributed by atoms with Gasteiger partial charge in [-0.2, -0.15) is 0 Å². The molecule has 0 fully saturated rings. The van der Waals surface area contributed by atoms with Gasteiger partial charge >= 0.3 is 17.9 Å². The number of esters is 3. The number of methoxy groups -OCH3 is 2. The summed E-state index contributed by atoms with van der Waals surface area (Å²) in [6.45, 7) is 3.26. The number of Topliss-reactive ketones (excluding diaryl/α,β-unsaturated/α-hetero) is 1. The van der Waals surface area contributed by atoms with E-state index in [4.69, 9.17) is 9.47 Å². The van der Waals surface area contributed by atoms with Crippen LogP contribution in [-0.4, -0.2) is 57.0 Å². The van der Waals surface area contributed by atoms with E-state index >= 15 is 0 Å². The summed E-state index contributed by atoms with van der Waals surface area (Å²) in [5, 5.41) is 2.69. The first kappa shape index (κ1) is 37.2. The Labute approximate surface area is 258 Å². The molecule has 0 bridgehead atoms. The molecule has 10 heteroatoms. The molecule has 3 aromatic rings. The van der Waals surface area contributed by atoms with E-state index < -0.39 is 23.9 Å². The first-order chi connectivity index (χ1) is 21.1. The lowest BCUT2D eigenvalue weighted by Gasteiger charge is -2.18. The summed E-state index contributed by atoms with van der Waals surface area (Å²) in [4.78, 5) is 59.4. The second-order valence-corrected chi connectivity index (χ2v) is 9.39. The maximum Gasteiger partial charge on any atom is 0.337 e. The first-order valence-electron chi connectivity index (χ1n) is 14.0. The van der Waals surface area contributed by atoms with Gasteiger partial charge in [-0.15, -0.1) is 0 Å². The van der Waals surface area contributed by atoms with Crippen LogP contribution < -0.4 is 14.8 Å². The fourth-order valence-corrected chi connectivity index (χ4v) is 3.43. The number of benzene rings is 3. The number of carbonyl (C=O) groups is 5. The molecule has 1 atom stereocenters. The van der Waals surface area contributed by atoms with Gasteiger partial charge in [-0.1, -0.05) is 55.5 Å². The van der Waals surface area contributed by atoms with Crippen molar-refractivity contribution in [3.63, 3.8) is 0 Å². The zero-order valence-electron chi connectivity index (χ0n) is 25.9. The topological polar surface area (TPSA) is 134 Å². The highest BCUT2D eigenvalue weighted by molar-refractivity contribution is 5.90. The summed E-state index contributed by atoms with van der Waals surface area (Å²) >= 11 is 0. The Morgan fingerprint density at radius 3 is 1.68 bits per heavy atom. The van der Waals surface area contributed by atoms with Crippen LogP contribution in [0.1, 0.15) is 55.5 Å². The SMILES string of the molecule is CCCC(=O)NC(Cc1ccc(OC(=O)CCC(C)=O)cc1)C(=O)Oc1ccc(C(=O)OC)cc1.COC.c1ccccc1. The van der Waals surface area contributed by atoms with Gasteiger partial charge in [0.15, 0.2) is 0 Å². The molecule has 0 aliphatic heterocycles. The van der Waals surface area contributed by atoms with Gasteiger partial charge in [-0.25, -0.2) is 9.59 Å². The average molecular weight is 608 g/mol. The van der Waals surface area contributed by atoms with Crippen molar-refractivity contribution < 1.29 is 42.9 Å². The minimum absolute atomic E-state index is 0.00489. The monoisotopic (exact) mass is 607 g/mol. The van der Waals surface area contributed by atoms with Crippen LogP contribution in [0.2, 0.25) is 0 Å². The number of amides is 1. The highest BCUT2D eigenvalue weighted by Gasteiger charge is 2.23. The molecule has 0 radical (unpaired) electrons. The van der Waals surface area contributed by atoms with Crippen LogP contribution in [0.5, 0.6) is 11.5 Å². The number of nitrogens with one attached hydrogen (secondary N) is 1. The second-order valence-electron chi connectivity index (χ2n) is 9.39. The predicted octanol–water partition coefficient (Wildman–Crippen LogP) is 5.13. The summed E-state index contributed by atoms with van der Waals surface area (Å²) in [6.07, 6.45) is 1.13. The van der Waals surface area contributed by atoms with Crippen molar-refractivity contribution in [1.82, 2.24) is 5.32 Å². The van der Waals surface area contributed by atoms with Gasteiger partial charge in [0, 0.05) is 33.5 Å². The molecule has 3 aromatic carbocycles. The molecular formula is C34H41NO9. The third-order valence-corrected chi connectivity index (χ3v) is 5.53. The van der Waals surface area contributed by atoms with E-state index in [1.165, 1.54) is 38.3 Å². The lowest BCUT2D eigenvalue weighted by Crippen LogP contribution is -2.44. The lowest BCUT2D eigenvalue weighted by atomic mass is 10.1. The van der Waals surface area contributed by atoms with Gasteiger partial charge in [0.2, 0.25) is 5.91 Å². The van der Waals surface area contributed by atoms with E-state index in [0.717, 1.165) is 0 Å². The molecule has 1 N–H and O–H groups in total. The number of hydrogen-bond acceptors (Lipinski definition) is 9. The van der Waals surface area contributed by atoms with E-state index in [0.29, 0.717) is 23.3 Å². The Balaban J connectivity index is 0.000000925. The molecule has 3 rings (SSSR count). The molecule has 0 aromatic heterocycles. The third kappa shape index (κ3) is 16.0. The van der Waals surface area contributed by atoms with Crippen LogP contribution in [0.3, 0.4) is 0 Å². The van der Waals surface area contributed by atoms with E-state index in [1.54, 1.807) is 38.5 Å². The van der Waals surface area contributed by atoms with E-state index in [-0.39, 0.29) is 43.1 Å². The van der Waals surface area contributed by atoms with Crippen molar-refractivity contribution in [2.24, 2.45) is 0 Å². The Hall–Kier alpha value is -4.83. The molecule has 0 saturated carbocycles. The van der Waals surface area contributed by atoms with Crippen LogP contribution in [-0.2, 0) is 35.1 Å². The van der Waals surface area contributed by atoms with E-state index in [1.807, 2.05) is 43.3 Å². The zero-order valence-corrected chi connectivity index (χ0v) is 25.9. The first-order valence-corrected chi connectivity index (χ1v) is 14.0. The predicted molar refractivity (Wildman–Crippen MR) is 165 cm³/mol. The maximum atomic E-state index is 12.8. The molecule has 1 unspecified atom stereocenters. The number of ether oxygens (including phenoxy) is 4.